The summed E-state index contributed by atoms with van der Waals surface area (Å²) < 4.78 is 5.09. The number of nitrogens with zero attached hydrogens (tertiary/aromatic N) is 3. The van der Waals surface area contributed by atoms with E-state index in [9.17, 15) is 0 Å². The molecule has 1 aromatic carbocycles. The summed E-state index contributed by atoms with van der Waals surface area (Å²) in [4.78, 5) is 6.95. The van der Waals surface area contributed by atoms with Crippen molar-refractivity contribution in [3.05, 3.63) is 47.1 Å². The van der Waals surface area contributed by atoms with Gasteiger partial charge in [-0.1, -0.05) is 29.4 Å². The third-order valence-electron chi connectivity index (χ3n) is 4.68. The van der Waals surface area contributed by atoms with Gasteiger partial charge in [0.15, 0.2) is 5.82 Å². The lowest BCUT2D eigenvalue weighted by atomic mass is 9.96. The monoisotopic (exact) mass is 299 g/mol. The average Bonchev–Trinajstić information content (AvgIpc) is 2.96. The molecule has 118 valence electrons. The van der Waals surface area contributed by atoms with E-state index < -0.39 is 0 Å². The zero-order valence-electron chi connectivity index (χ0n) is 13.6. The Balaban J connectivity index is 1.42. The van der Waals surface area contributed by atoms with Crippen LogP contribution in [0, 0.1) is 13.8 Å². The number of aryl methyl sites for hydroxylation is 3. The van der Waals surface area contributed by atoms with Crippen LogP contribution in [0.1, 0.15) is 48.0 Å². The van der Waals surface area contributed by atoms with Gasteiger partial charge in [-0.2, -0.15) is 4.98 Å². The Hall–Kier alpha value is -1.68. The van der Waals surface area contributed by atoms with E-state index in [1.54, 1.807) is 0 Å². The van der Waals surface area contributed by atoms with Crippen molar-refractivity contribution in [2.24, 2.45) is 0 Å². The Morgan fingerprint density at radius 1 is 1.18 bits per heavy atom. The second-order valence-electron chi connectivity index (χ2n) is 6.32. The molecule has 3 rings (SSSR count). The molecule has 2 aromatic rings. The number of rotatable bonds is 5. The summed E-state index contributed by atoms with van der Waals surface area (Å²) >= 11 is 0. The topological polar surface area (TPSA) is 42.2 Å². The van der Waals surface area contributed by atoms with Crippen LogP contribution in [0.15, 0.2) is 28.8 Å². The Morgan fingerprint density at radius 3 is 2.64 bits per heavy atom. The third kappa shape index (κ3) is 3.74. The molecule has 1 aromatic heterocycles. The van der Waals surface area contributed by atoms with Crippen molar-refractivity contribution in [1.82, 2.24) is 15.0 Å². The fraction of sp³-hybridized carbons (Fsp3) is 0.556. The van der Waals surface area contributed by atoms with Crippen molar-refractivity contribution in [3.63, 3.8) is 0 Å². The Labute approximate surface area is 132 Å². The highest BCUT2D eigenvalue weighted by molar-refractivity contribution is 5.25. The fourth-order valence-corrected chi connectivity index (χ4v) is 3.28. The van der Waals surface area contributed by atoms with E-state index in [2.05, 4.69) is 46.2 Å². The minimum Gasteiger partial charge on any atom is -0.340 e. The van der Waals surface area contributed by atoms with Crippen molar-refractivity contribution in [1.29, 1.82) is 0 Å². The molecule has 2 heterocycles. The van der Waals surface area contributed by atoms with Crippen LogP contribution in [-0.2, 0) is 6.42 Å². The predicted molar refractivity (Wildman–Crippen MR) is 87.0 cm³/mol. The van der Waals surface area contributed by atoms with Crippen LogP contribution in [-0.4, -0.2) is 34.7 Å². The first-order valence-corrected chi connectivity index (χ1v) is 8.29. The first-order valence-electron chi connectivity index (χ1n) is 8.29. The molecule has 0 aliphatic carbocycles. The first kappa shape index (κ1) is 15.2. The van der Waals surface area contributed by atoms with E-state index in [1.807, 2.05) is 6.92 Å². The van der Waals surface area contributed by atoms with Crippen LogP contribution < -0.4 is 0 Å². The molecule has 0 saturated carbocycles. The van der Waals surface area contributed by atoms with E-state index in [0.29, 0.717) is 11.8 Å². The zero-order valence-corrected chi connectivity index (χ0v) is 13.6. The molecule has 1 saturated heterocycles. The number of hydrogen-bond donors (Lipinski definition) is 0. The lowest BCUT2D eigenvalue weighted by Gasteiger charge is -2.30. The maximum absolute atomic E-state index is 5.09. The fourth-order valence-electron chi connectivity index (χ4n) is 3.28. The molecule has 0 spiro atoms. The van der Waals surface area contributed by atoms with Crippen LogP contribution in [0.4, 0.5) is 0 Å². The second kappa shape index (κ2) is 7.05. The van der Waals surface area contributed by atoms with Crippen molar-refractivity contribution in [3.8, 4) is 0 Å². The SMILES string of the molecule is Cc1nc(C2CCN(CCCc3ccccc3C)CC2)no1. The van der Waals surface area contributed by atoms with Gasteiger partial charge in [-0.15, -0.1) is 0 Å². The lowest BCUT2D eigenvalue weighted by molar-refractivity contribution is 0.205. The van der Waals surface area contributed by atoms with E-state index in [1.165, 1.54) is 30.5 Å². The molecule has 1 aliphatic heterocycles. The van der Waals surface area contributed by atoms with Crippen LogP contribution >= 0.6 is 0 Å². The number of benzene rings is 1. The van der Waals surface area contributed by atoms with Gasteiger partial charge >= 0.3 is 0 Å². The number of likely N-dealkylation sites (tertiary alicyclic amines) is 1. The molecule has 22 heavy (non-hydrogen) atoms. The van der Waals surface area contributed by atoms with Gasteiger partial charge in [0, 0.05) is 12.8 Å². The molecule has 0 atom stereocenters. The molecule has 0 unspecified atom stereocenters. The molecule has 1 fully saturated rings. The van der Waals surface area contributed by atoms with Gasteiger partial charge in [-0.05, 0) is 63.4 Å². The molecular formula is C18H25N3O. The summed E-state index contributed by atoms with van der Waals surface area (Å²) in [5.74, 6) is 2.05. The third-order valence-corrected chi connectivity index (χ3v) is 4.68. The summed E-state index contributed by atoms with van der Waals surface area (Å²) in [6.45, 7) is 7.54. The molecule has 4 nitrogen and oxygen atoms in total. The van der Waals surface area contributed by atoms with Crippen LogP contribution in [0.5, 0.6) is 0 Å². The first-order chi connectivity index (χ1) is 10.7. The van der Waals surface area contributed by atoms with Crippen LogP contribution in [0.3, 0.4) is 0 Å². The molecule has 0 radical (unpaired) electrons. The molecule has 0 bridgehead atoms. The minimum absolute atomic E-state index is 0.477. The van der Waals surface area contributed by atoms with E-state index >= 15 is 0 Å². The normalized spacial score (nSPS) is 17.0. The van der Waals surface area contributed by atoms with Gasteiger partial charge in [0.2, 0.25) is 5.89 Å². The van der Waals surface area contributed by atoms with E-state index in [-0.39, 0.29) is 0 Å². The smallest absolute Gasteiger partial charge is 0.223 e. The maximum Gasteiger partial charge on any atom is 0.223 e. The van der Waals surface area contributed by atoms with Crippen LogP contribution in [0.25, 0.3) is 0 Å². The molecule has 0 N–H and O–H groups in total. The molecular weight excluding hydrogens is 274 g/mol. The van der Waals surface area contributed by atoms with Crippen LogP contribution in [0.2, 0.25) is 0 Å². The summed E-state index contributed by atoms with van der Waals surface area (Å²) in [7, 11) is 0. The Bertz CT molecular complexity index is 600. The highest BCUT2D eigenvalue weighted by atomic mass is 16.5. The average molecular weight is 299 g/mol. The van der Waals surface area contributed by atoms with Crippen molar-refractivity contribution in [2.45, 2.75) is 45.4 Å². The van der Waals surface area contributed by atoms with E-state index in [0.717, 1.165) is 31.8 Å². The lowest BCUT2D eigenvalue weighted by Crippen LogP contribution is -2.34. The summed E-state index contributed by atoms with van der Waals surface area (Å²) in [6.07, 6.45) is 4.69. The van der Waals surface area contributed by atoms with Gasteiger partial charge in [-0.25, -0.2) is 0 Å². The van der Waals surface area contributed by atoms with Gasteiger partial charge in [0.25, 0.3) is 0 Å². The minimum atomic E-state index is 0.477. The Kier molecular flexibility index (Phi) is 4.88. The zero-order chi connectivity index (χ0) is 15.4. The van der Waals surface area contributed by atoms with Crippen molar-refractivity contribution in [2.75, 3.05) is 19.6 Å². The largest absolute Gasteiger partial charge is 0.340 e. The summed E-state index contributed by atoms with van der Waals surface area (Å²) in [5, 5.41) is 4.07. The van der Waals surface area contributed by atoms with Crippen molar-refractivity contribution >= 4 is 0 Å². The predicted octanol–water partition coefficient (Wildman–Crippen LogP) is 3.50. The number of hydrogen-bond acceptors (Lipinski definition) is 4. The van der Waals surface area contributed by atoms with Gasteiger partial charge < -0.3 is 9.42 Å². The maximum atomic E-state index is 5.09. The number of piperidine rings is 1. The standard InChI is InChI=1S/C18H25N3O/c1-14-6-3-4-7-16(14)8-5-11-21-12-9-17(10-13-21)18-19-15(2)22-20-18/h3-4,6-7,17H,5,8-13H2,1-2H3. The quantitative estimate of drug-likeness (QED) is 0.847. The Morgan fingerprint density at radius 2 is 1.95 bits per heavy atom. The van der Waals surface area contributed by atoms with Gasteiger partial charge in [0.1, 0.15) is 0 Å². The number of aromatic nitrogens is 2. The molecule has 4 heteroatoms. The highest BCUT2D eigenvalue weighted by Gasteiger charge is 2.23. The second-order valence-corrected chi connectivity index (χ2v) is 6.32. The van der Waals surface area contributed by atoms with Gasteiger partial charge in [0.05, 0.1) is 0 Å². The highest BCUT2D eigenvalue weighted by Crippen LogP contribution is 2.26. The van der Waals surface area contributed by atoms with E-state index in [4.69, 9.17) is 4.52 Å². The van der Waals surface area contributed by atoms with Crippen molar-refractivity contribution < 1.29 is 4.52 Å². The molecule has 1 aliphatic rings. The molecule has 0 amide bonds. The van der Waals surface area contributed by atoms with Gasteiger partial charge in [-0.3, -0.25) is 0 Å². The summed E-state index contributed by atoms with van der Waals surface area (Å²) in [6, 6.07) is 8.71. The summed E-state index contributed by atoms with van der Waals surface area (Å²) in [5.41, 5.74) is 2.90.